The molecule has 2 aliphatic heterocycles. The second-order valence-corrected chi connectivity index (χ2v) is 9.24. The molecule has 2 heterocycles. The lowest BCUT2D eigenvalue weighted by molar-refractivity contribution is -0.123. The van der Waals surface area contributed by atoms with Gasteiger partial charge in [0.2, 0.25) is 0 Å². The van der Waals surface area contributed by atoms with Crippen molar-refractivity contribution in [2.45, 2.75) is 11.4 Å². The molecule has 0 bridgehead atoms. The molecule has 3 amide bonds. The first-order valence-electron chi connectivity index (χ1n) is 10.7. The lowest BCUT2D eigenvalue weighted by atomic mass is 10.1. The smallest absolute Gasteiger partial charge is 0.323 e. The summed E-state index contributed by atoms with van der Waals surface area (Å²) in [5.74, 6) is -0.584. The number of para-hydroxylation sites is 1. The van der Waals surface area contributed by atoms with Crippen molar-refractivity contribution in [3.05, 3.63) is 89.5 Å². The maximum atomic E-state index is 14.4. The molecule has 6 nitrogen and oxygen atoms in total. The Kier molecular flexibility index (Phi) is 5.65. The fourth-order valence-electron chi connectivity index (χ4n) is 4.44. The Labute approximate surface area is 199 Å². The molecule has 34 heavy (non-hydrogen) atoms. The summed E-state index contributed by atoms with van der Waals surface area (Å²) < 4.78 is 33.0. The normalized spacial score (nSPS) is 19.0. The first-order valence-corrected chi connectivity index (χ1v) is 11.6. The summed E-state index contributed by atoms with van der Waals surface area (Å²) in [6.45, 7) is 0.287. The third-order valence-corrected chi connectivity index (χ3v) is 7.43. The fourth-order valence-corrected chi connectivity index (χ4v) is 5.90. The van der Waals surface area contributed by atoms with E-state index in [2.05, 4.69) is 5.32 Å². The molecule has 2 aliphatic rings. The van der Waals surface area contributed by atoms with Gasteiger partial charge < -0.3 is 15.0 Å². The minimum absolute atomic E-state index is 0.0738. The maximum absolute atomic E-state index is 14.4. The number of hydrogen-bond acceptors (Lipinski definition) is 4. The van der Waals surface area contributed by atoms with Gasteiger partial charge in [-0.15, -0.1) is 11.8 Å². The summed E-state index contributed by atoms with van der Waals surface area (Å²) in [7, 11) is 1.54. The van der Waals surface area contributed by atoms with Gasteiger partial charge in [0, 0.05) is 41.2 Å². The van der Waals surface area contributed by atoms with Gasteiger partial charge >= 0.3 is 6.03 Å². The second-order valence-electron chi connectivity index (χ2n) is 7.95. The first-order chi connectivity index (χ1) is 16.4. The number of carbonyl (C=O) groups excluding carboxylic acids is 2. The van der Waals surface area contributed by atoms with Gasteiger partial charge in [0.05, 0.1) is 19.3 Å². The van der Waals surface area contributed by atoms with Crippen LogP contribution in [0.1, 0.15) is 11.1 Å². The number of carbonyl (C=O) groups is 2. The average Bonchev–Trinajstić information content (AvgIpc) is 3.38. The van der Waals surface area contributed by atoms with Crippen LogP contribution in [-0.4, -0.2) is 36.2 Å². The molecule has 5 rings (SSSR count). The van der Waals surface area contributed by atoms with Crippen LogP contribution in [0.5, 0.6) is 5.75 Å². The molecule has 1 N–H and O–H groups in total. The molecular weight excluding hydrogens is 460 g/mol. The average molecular weight is 482 g/mol. The molecule has 0 unspecified atom stereocenters. The predicted octanol–water partition coefficient (Wildman–Crippen LogP) is 4.95. The number of thioether (sulfide) groups is 1. The molecule has 9 heteroatoms. The van der Waals surface area contributed by atoms with E-state index in [0.717, 1.165) is 6.07 Å². The monoisotopic (exact) mass is 481 g/mol. The van der Waals surface area contributed by atoms with E-state index in [1.165, 1.54) is 33.7 Å². The van der Waals surface area contributed by atoms with Crippen molar-refractivity contribution in [3.63, 3.8) is 0 Å². The van der Waals surface area contributed by atoms with Crippen LogP contribution >= 0.6 is 11.8 Å². The van der Waals surface area contributed by atoms with Gasteiger partial charge in [-0.3, -0.25) is 9.69 Å². The largest absolute Gasteiger partial charge is 0.497 e. The molecule has 1 saturated heterocycles. The number of amides is 3. The summed E-state index contributed by atoms with van der Waals surface area (Å²) in [5, 5.41) is 2.86. The molecule has 3 aromatic rings. The zero-order chi connectivity index (χ0) is 23.9. The lowest BCUT2D eigenvalue weighted by Gasteiger charge is -2.33. The highest BCUT2D eigenvalue weighted by Gasteiger charge is 2.59. The highest BCUT2D eigenvalue weighted by molar-refractivity contribution is 8.01. The number of benzene rings is 3. The summed E-state index contributed by atoms with van der Waals surface area (Å²) in [5.41, 5.74) is 2.01. The van der Waals surface area contributed by atoms with Gasteiger partial charge in [-0.1, -0.05) is 30.3 Å². The van der Waals surface area contributed by atoms with Crippen molar-refractivity contribution in [2.24, 2.45) is 0 Å². The molecule has 0 aromatic heterocycles. The summed E-state index contributed by atoms with van der Waals surface area (Å²) in [6.07, 6.45) is 0. The summed E-state index contributed by atoms with van der Waals surface area (Å²) in [6, 6.07) is 17.0. The van der Waals surface area contributed by atoms with Crippen LogP contribution in [0.3, 0.4) is 0 Å². The van der Waals surface area contributed by atoms with E-state index in [4.69, 9.17) is 4.74 Å². The quantitative estimate of drug-likeness (QED) is 0.573. The molecule has 0 radical (unpaired) electrons. The summed E-state index contributed by atoms with van der Waals surface area (Å²) in [4.78, 5) is 29.0. The SMILES string of the molecule is COc1cccc(NC(=O)N2CCS[C@]23C(=O)N(Cc2ccc(F)cc2F)c2ccccc23)c1. The van der Waals surface area contributed by atoms with E-state index < -0.39 is 22.5 Å². The van der Waals surface area contributed by atoms with Crippen molar-refractivity contribution < 1.29 is 23.1 Å². The zero-order valence-corrected chi connectivity index (χ0v) is 19.1. The number of anilines is 2. The third kappa shape index (κ3) is 3.56. The van der Waals surface area contributed by atoms with Gasteiger partial charge in [-0.05, 0) is 24.3 Å². The van der Waals surface area contributed by atoms with Crippen LogP contribution in [-0.2, 0) is 16.2 Å². The maximum Gasteiger partial charge on any atom is 0.323 e. The Morgan fingerprint density at radius 1 is 1.12 bits per heavy atom. The third-order valence-electron chi connectivity index (χ3n) is 6.01. The number of fused-ring (bicyclic) bond motifs is 2. The fraction of sp³-hybridized carbons (Fsp3) is 0.200. The molecule has 0 saturated carbocycles. The highest BCUT2D eigenvalue weighted by atomic mass is 32.2. The lowest BCUT2D eigenvalue weighted by Crippen LogP contribution is -2.51. The van der Waals surface area contributed by atoms with Gasteiger partial charge in [-0.2, -0.15) is 0 Å². The Balaban J connectivity index is 1.50. The Hall–Kier alpha value is -3.59. The predicted molar refractivity (Wildman–Crippen MR) is 127 cm³/mol. The molecule has 174 valence electrons. The molecule has 0 aliphatic carbocycles. The van der Waals surface area contributed by atoms with Gasteiger partial charge in [-0.25, -0.2) is 13.6 Å². The standard InChI is InChI=1S/C25H21F2N3O3S/c1-33-19-6-4-5-18(14-19)28-24(32)30-11-12-34-25(30)20-7-2-3-8-22(20)29(23(25)31)15-16-9-10-17(26)13-21(16)27/h2-10,13-14H,11-12,15H2,1H3,(H,28,32)/t25-/m1/s1. The van der Waals surface area contributed by atoms with Crippen molar-refractivity contribution in [1.29, 1.82) is 0 Å². The molecular formula is C25H21F2N3O3S. The van der Waals surface area contributed by atoms with E-state index in [-0.39, 0.29) is 18.0 Å². The number of nitrogens with zero attached hydrogens (tertiary/aromatic N) is 2. The van der Waals surface area contributed by atoms with Crippen LogP contribution < -0.4 is 15.0 Å². The van der Waals surface area contributed by atoms with Crippen molar-refractivity contribution in [1.82, 2.24) is 4.90 Å². The number of rotatable bonds is 4. The van der Waals surface area contributed by atoms with Crippen LogP contribution in [0.2, 0.25) is 0 Å². The van der Waals surface area contributed by atoms with Crippen LogP contribution in [0.15, 0.2) is 66.7 Å². The Morgan fingerprint density at radius 2 is 1.94 bits per heavy atom. The van der Waals surface area contributed by atoms with E-state index >= 15 is 0 Å². The van der Waals surface area contributed by atoms with Gasteiger partial charge in [0.1, 0.15) is 17.4 Å². The van der Waals surface area contributed by atoms with Crippen LogP contribution in [0, 0.1) is 11.6 Å². The zero-order valence-electron chi connectivity index (χ0n) is 18.3. The van der Waals surface area contributed by atoms with Gasteiger partial charge in [0.25, 0.3) is 5.91 Å². The van der Waals surface area contributed by atoms with Crippen molar-refractivity contribution >= 4 is 35.1 Å². The van der Waals surface area contributed by atoms with E-state index in [9.17, 15) is 18.4 Å². The van der Waals surface area contributed by atoms with Gasteiger partial charge in [0.15, 0.2) is 4.87 Å². The van der Waals surface area contributed by atoms with Crippen LogP contribution in [0.4, 0.5) is 25.0 Å². The second kappa shape index (κ2) is 8.64. The van der Waals surface area contributed by atoms with E-state index in [1.54, 1.807) is 43.5 Å². The Bertz CT molecular complexity index is 1290. The number of nitrogens with one attached hydrogen (secondary N) is 1. The highest BCUT2D eigenvalue weighted by Crippen LogP contribution is 2.54. The number of halogens is 2. The first kappa shape index (κ1) is 22.2. The topological polar surface area (TPSA) is 61.9 Å². The van der Waals surface area contributed by atoms with Crippen LogP contribution in [0.25, 0.3) is 0 Å². The number of methoxy groups -OCH3 is 1. The molecule has 1 fully saturated rings. The molecule has 3 aromatic carbocycles. The van der Waals surface area contributed by atoms with E-state index in [0.29, 0.717) is 35.0 Å². The molecule has 1 spiro atoms. The Morgan fingerprint density at radius 3 is 2.74 bits per heavy atom. The van der Waals surface area contributed by atoms with Crippen molar-refractivity contribution in [2.75, 3.05) is 29.6 Å². The van der Waals surface area contributed by atoms with E-state index in [1.807, 2.05) is 12.1 Å². The number of ether oxygens (including phenoxy) is 1. The minimum Gasteiger partial charge on any atom is -0.497 e. The number of hydrogen-bond donors (Lipinski definition) is 1. The molecule has 1 atom stereocenters. The van der Waals surface area contributed by atoms with Crippen molar-refractivity contribution in [3.8, 4) is 5.75 Å². The number of urea groups is 1. The minimum atomic E-state index is -1.27. The summed E-state index contributed by atoms with van der Waals surface area (Å²) >= 11 is 1.37.